The van der Waals surface area contributed by atoms with Crippen LogP contribution in [0, 0.1) is 20.8 Å². The minimum absolute atomic E-state index is 0.823. The lowest BCUT2D eigenvalue weighted by Gasteiger charge is -1.96. The third kappa shape index (κ3) is 1.34. The lowest BCUT2D eigenvalue weighted by molar-refractivity contribution is 1.25. The summed E-state index contributed by atoms with van der Waals surface area (Å²) < 4.78 is 1.11. The first-order valence-corrected chi connectivity index (χ1v) is 5.32. The second-order valence-electron chi connectivity index (χ2n) is 3.21. The molecular formula is C10H10ClNS. The van der Waals surface area contributed by atoms with Crippen molar-refractivity contribution in [2.75, 3.05) is 0 Å². The van der Waals surface area contributed by atoms with Crippen LogP contribution in [0.4, 0.5) is 0 Å². The number of aromatic nitrogens is 1. The molecule has 13 heavy (non-hydrogen) atoms. The van der Waals surface area contributed by atoms with Crippen LogP contribution in [-0.4, -0.2) is 4.98 Å². The first-order chi connectivity index (χ1) is 6.09. The molecule has 1 nitrogen and oxygen atoms in total. The SMILES string of the molecule is Cc1cc(Cl)c2sc(C)c(C)c2n1. The van der Waals surface area contributed by atoms with Gasteiger partial charge in [-0.15, -0.1) is 11.3 Å². The summed E-state index contributed by atoms with van der Waals surface area (Å²) in [6.07, 6.45) is 0. The Labute approximate surface area is 86.4 Å². The fourth-order valence-corrected chi connectivity index (χ4v) is 2.74. The third-order valence-corrected chi connectivity index (χ3v) is 3.83. The van der Waals surface area contributed by atoms with Crippen LogP contribution in [-0.2, 0) is 0 Å². The Balaban J connectivity index is 2.94. The summed E-state index contributed by atoms with van der Waals surface area (Å²) in [7, 11) is 0. The molecular weight excluding hydrogens is 202 g/mol. The molecule has 0 radical (unpaired) electrons. The zero-order chi connectivity index (χ0) is 9.59. The molecule has 0 unspecified atom stereocenters. The number of thiophene rings is 1. The summed E-state index contributed by atoms with van der Waals surface area (Å²) >= 11 is 7.84. The van der Waals surface area contributed by atoms with E-state index < -0.39 is 0 Å². The van der Waals surface area contributed by atoms with E-state index in [-0.39, 0.29) is 0 Å². The van der Waals surface area contributed by atoms with Crippen molar-refractivity contribution in [2.45, 2.75) is 20.8 Å². The second kappa shape index (κ2) is 2.96. The lowest BCUT2D eigenvalue weighted by Crippen LogP contribution is -1.82. The molecule has 0 aromatic carbocycles. The number of halogens is 1. The molecule has 2 rings (SSSR count). The smallest absolute Gasteiger partial charge is 0.0859 e. The molecule has 0 atom stereocenters. The average molecular weight is 212 g/mol. The van der Waals surface area contributed by atoms with Crippen LogP contribution in [0.2, 0.25) is 5.02 Å². The van der Waals surface area contributed by atoms with Gasteiger partial charge in [0.15, 0.2) is 0 Å². The maximum Gasteiger partial charge on any atom is 0.0859 e. The van der Waals surface area contributed by atoms with Gasteiger partial charge in [-0.2, -0.15) is 0 Å². The highest BCUT2D eigenvalue weighted by Crippen LogP contribution is 2.34. The van der Waals surface area contributed by atoms with E-state index in [0.717, 1.165) is 20.9 Å². The minimum atomic E-state index is 0.823. The first-order valence-electron chi connectivity index (χ1n) is 4.12. The van der Waals surface area contributed by atoms with Gasteiger partial charge < -0.3 is 0 Å². The largest absolute Gasteiger partial charge is 0.252 e. The quantitative estimate of drug-likeness (QED) is 0.645. The average Bonchev–Trinajstić information content (AvgIpc) is 2.32. The summed E-state index contributed by atoms with van der Waals surface area (Å²) in [6.45, 7) is 6.17. The van der Waals surface area contributed by atoms with Gasteiger partial charge in [0.25, 0.3) is 0 Å². The van der Waals surface area contributed by atoms with Gasteiger partial charge in [-0.25, -0.2) is 0 Å². The molecule has 0 saturated carbocycles. The zero-order valence-corrected chi connectivity index (χ0v) is 9.38. The highest BCUT2D eigenvalue weighted by molar-refractivity contribution is 7.19. The normalized spacial score (nSPS) is 11.1. The molecule has 0 aliphatic rings. The second-order valence-corrected chi connectivity index (χ2v) is 4.84. The summed E-state index contributed by atoms with van der Waals surface area (Å²) in [5.41, 5.74) is 3.30. The highest BCUT2D eigenvalue weighted by Gasteiger charge is 2.09. The van der Waals surface area contributed by atoms with Crippen LogP contribution in [0.3, 0.4) is 0 Å². The van der Waals surface area contributed by atoms with Gasteiger partial charge >= 0.3 is 0 Å². The van der Waals surface area contributed by atoms with E-state index in [2.05, 4.69) is 18.8 Å². The van der Waals surface area contributed by atoms with Crippen molar-refractivity contribution in [2.24, 2.45) is 0 Å². The van der Waals surface area contributed by atoms with Gasteiger partial charge in [-0.1, -0.05) is 11.6 Å². The molecule has 0 fully saturated rings. The highest BCUT2D eigenvalue weighted by atomic mass is 35.5. The number of fused-ring (bicyclic) bond motifs is 1. The molecule has 0 N–H and O–H groups in total. The number of rotatable bonds is 0. The van der Waals surface area contributed by atoms with Crippen molar-refractivity contribution in [3.63, 3.8) is 0 Å². The van der Waals surface area contributed by atoms with E-state index in [0.29, 0.717) is 0 Å². The number of nitrogens with zero attached hydrogens (tertiary/aromatic N) is 1. The zero-order valence-electron chi connectivity index (χ0n) is 7.81. The fraction of sp³-hybridized carbons (Fsp3) is 0.300. The van der Waals surface area contributed by atoms with E-state index in [1.54, 1.807) is 11.3 Å². The van der Waals surface area contributed by atoms with Crippen LogP contribution >= 0.6 is 22.9 Å². The van der Waals surface area contributed by atoms with Crippen molar-refractivity contribution < 1.29 is 0 Å². The van der Waals surface area contributed by atoms with Crippen LogP contribution in [0.15, 0.2) is 6.07 Å². The maximum absolute atomic E-state index is 6.12. The number of hydrogen-bond acceptors (Lipinski definition) is 2. The Morgan fingerprint density at radius 2 is 2.00 bits per heavy atom. The molecule has 0 bridgehead atoms. The van der Waals surface area contributed by atoms with Crippen LogP contribution in [0.1, 0.15) is 16.1 Å². The van der Waals surface area contributed by atoms with E-state index in [1.165, 1.54) is 10.4 Å². The molecule has 0 aliphatic carbocycles. The summed E-state index contributed by atoms with van der Waals surface area (Å²) in [5, 5.41) is 0.823. The number of aryl methyl sites for hydroxylation is 3. The van der Waals surface area contributed by atoms with E-state index >= 15 is 0 Å². The Hall–Kier alpha value is -0.600. The van der Waals surface area contributed by atoms with Crippen LogP contribution in [0.5, 0.6) is 0 Å². The van der Waals surface area contributed by atoms with Crippen LogP contribution in [0.25, 0.3) is 10.2 Å². The predicted molar refractivity (Wildman–Crippen MR) is 58.8 cm³/mol. The van der Waals surface area contributed by atoms with E-state index in [1.807, 2.05) is 13.0 Å². The van der Waals surface area contributed by atoms with Crippen molar-refractivity contribution in [1.82, 2.24) is 4.98 Å². The standard InChI is InChI=1S/C10H10ClNS/c1-5-4-8(11)10-9(12-5)6(2)7(3)13-10/h4H,1-3H3. The number of pyridine rings is 1. The van der Waals surface area contributed by atoms with Crippen molar-refractivity contribution in [3.05, 3.63) is 27.2 Å². The summed E-state index contributed by atoms with van der Waals surface area (Å²) in [4.78, 5) is 5.78. The fourth-order valence-electron chi connectivity index (χ4n) is 1.37. The molecule has 2 aromatic rings. The van der Waals surface area contributed by atoms with Gasteiger partial charge in [0.1, 0.15) is 0 Å². The van der Waals surface area contributed by atoms with E-state index in [9.17, 15) is 0 Å². The van der Waals surface area contributed by atoms with Crippen molar-refractivity contribution in [1.29, 1.82) is 0 Å². The molecule has 2 heterocycles. The molecule has 0 spiro atoms. The van der Waals surface area contributed by atoms with Gasteiger partial charge in [0, 0.05) is 10.6 Å². The van der Waals surface area contributed by atoms with Gasteiger partial charge in [-0.3, -0.25) is 4.98 Å². The van der Waals surface area contributed by atoms with Gasteiger partial charge in [0.05, 0.1) is 15.2 Å². The van der Waals surface area contributed by atoms with E-state index in [4.69, 9.17) is 11.6 Å². The Morgan fingerprint density at radius 3 is 2.69 bits per heavy atom. The topological polar surface area (TPSA) is 12.9 Å². The Kier molecular flexibility index (Phi) is 2.05. The maximum atomic E-state index is 6.12. The van der Waals surface area contributed by atoms with Crippen molar-refractivity contribution >= 4 is 33.2 Å². The predicted octanol–water partition coefficient (Wildman–Crippen LogP) is 3.87. The van der Waals surface area contributed by atoms with Crippen LogP contribution < -0.4 is 0 Å². The summed E-state index contributed by atoms with van der Waals surface area (Å²) in [6, 6.07) is 1.92. The third-order valence-electron chi connectivity index (χ3n) is 2.19. The summed E-state index contributed by atoms with van der Waals surface area (Å²) in [5.74, 6) is 0. The molecule has 68 valence electrons. The minimum Gasteiger partial charge on any atom is -0.252 e. The van der Waals surface area contributed by atoms with Gasteiger partial charge in [0.2, 0.25) is 0 Å². The first kappa shape index (κ1) is 8.97. The Bertz CT molecular complexity index is 473. The van der Waals surface area contributed by atoms with Gasteiger partial charge in [-0.05, 0) is 32.4 Å². The van der Waals surface area contributed by atoms with Crippen molar-refractivity contribution in [3.8, 4) is 0 Å². The number of hydrogen-bond donors (Lipinski definition) is 0. The molecule has 3 heteroatoms. The Morgan fingerprint density at radius 1 is 1.31 bits per heavy atom. The monoisotopic (exact) mass is 211 g/mol. The molecule has 0 saturated heterocycles. The molecule has 0 aliphatic heterocycles. The molecule has 0 amide bonds. The molecule has 2 aromatic heterocycles. The lowest BCUT2D eigenvalue weighted by atomic mass is 10.2.